The molecule has 0 fully saturated rings. The van der Waals surface area contributed by atoms with Crippen LogP contribution in [0.2, 0.25) is 0 Å². The quantitative estimate of drug-likeness (QED) is 0.868. The van der Waals surface area contributed by atoms with Crippen molar-refractivity contribution < 1.29 is 13.5 Å². The summed E-state index contributed by atoms with van der Waals surface area (Å²) in [5, 5.41) is 10.0. The molecular weight excluding hydrogens is 292 g/mol. The van der Waals surface area contributed by atoms with Gasteiger partial charge >= 0.3 is 0 Å². The summed E-state index contributed by atoms with van der Waals surface area (Å²) in [5.41, 5.74) is 1.52. The maximum Gasteiger partial charge on any atom is 0.165 e. The Balaban J connectivity index is 3.04. The lowest BCUT2D eigenvalue weighted by Crippen LogP contribution is -2.24. The van der Waals surface area contributed by atoms with Crippen molar-refractivity contribution in [3.63, 3.8) is 0 Å². The van der Waals surface area contributed by atoms with Gasteiger partial charge in [-0.25, -0.2) is 8.42 Å². The van der Waals surface area contributed by atoms with Gasteiger partial charge in [0.1, 0.15) is 10.3 Å². The van der Waals surface area contributed by atoms with E-state index in [-0.39, 0.29) is 5.75 Å². The summed E-state index contributed by atoms with van der Waals surface area (Å²) in [7, 11) is -3.30. The van der Waals surface area contributed by atoms with E-state index < -0.39 is 20.1 Å². The summed E-state index contributed by atoms with van der Waals surface area (Å²) in [6, 6.07) is 7.21. The van der Waals surface area contributed by atoms with Crippen molar-refractivity contribution in [1.82, 2.24) is 0 Å². The van der Waals surface area contributed by atoms with Gasteiger partial charge in [-0.1, -0.05) is 47.1 Å². The molecule has 1 aromatic carbocycles. The average Bonchev–Trinajstić information content (AvgIpc) is 2.27. The normalized spacial score (nSPS) is 15.8. The molecule has 0 heterocycles. The second-order valence-electron chi connectivity index (χ2n) is 3.60. The van der Waals surface area contributed by atoms with Gasteiger partial charge in [-0.3, -0.25) is 0 Å². The predicted molar refractivity (Wildman–Crippen MR) is 68.3 cm³/mol. The molecule has 0 saturated carbocycles. The number of alkyl halides is 1. The first kappa shape index (κ1) is 13.7. The molecule has 0 aliphatic carbocycles. The standard InChI is InChI=1S/C11H15BrO3S/c1-3-16(14,15)11(12)10(13)9-7-5-4-6-8(9)2/h4-7,10-11,13H,3H2,1-2H3. The van der Waals surface area contributed by atoms with Gasteiger partial charge in [0.25, 0.3) is 0 Å². The number of rotatable bonds is 4. The van der Waals surface area contributed by atoms with Crippen molar-refractivity contribution in [2.45, 2.75) is 24.1 Å². The highest BCUT2D eigenvalue weighted by Crippen LogP contribution is 2.28. The summed E-state index contributed by atoms with van der Waals surface area (Å²) < 4.78 is 22.3. The number of hydrogen-bond donors (Lipinski definition) is 1. The van der Waals surface area contributed by atoms with Crippen LogP contribution in [0.4, 0.5) is 0 Å². The van der Waals surface area contributed by atoms with Crippen LogP contribution in [0.1, 0.15) is 24.2 Å². The lowest BCUT2D eigenvalue weighted by Gasteiger charge is -2.19. The van der Waals surface area contributed by atoms with E-state index in [9.17, 15) is 13.5 Å². The van der Waals surface area contributed by atoms with Crippen LogP contribution in [0, 0.1) is 6.92 Å². The Kier molecular flexibility index (Phi) is 4.52. The van der Waals surface area contributed by atoms with E-state index in [2.05, 4.69) is 15.9 Å². The van der Waals surface area contributed by atoms with Gasteiger partial charge in [0.2, 0.25) is 0 Å². The smallest absolute Gasteiger partial charge is 0.165 e. The number of aryl methyl sites for hydroxylation is 1. The molecule has 0 aliphatic heterocycles. The molecule has 0 spiro atoms. The largest absolute Gasteiger partial charge is 0.386 e. The van der Waals surface area contributed by atoms with E-state index in [0.717, 1.165) is 5.56 Å². The van der Waals surface area contributed by atoms with Crippen LogP contribution in [0.5, 0.6) is 0 Å². The minimum Gasteiger partial charge on any atom is -0.386 e. The zero-order chi connectivity index (χ0) is 12.3. The first-order valence-electron chi connectivity index (χ1n) is 4.99. The van der Waals surface area contributed by atoms with E-state index in [0.29, 0.717) is 5.56 Å². The minimum atomic E-state index is -3.30. The lowest BCUT2D eigenvalue weighted by molar-refractivity contribution is 0.194. The van der Waals surface area contributed by atoms with Crippen molar-refractivity contribution in [3.05, 3.63) is 35.4 Å². The molecule has 1 N–H and O–H groups in total. The molecule has 0 amide bonds. The number of hydrogen-bond acceptors (Lipinski definition) is 3. The monoisotopic (exact) mass is 306 g/mol. The Morgan fingerprint density at radius 3 is 2.44 bits per heavy atom. The highest BCUT2D eigenvalue weighted by molar-refractivity contribution is 9.11. The Labute approximate surface area is 105 Å². The molecule has 3 nitrogen and oxygen atoms in total. The van der Waals surface area contributed by atoms with Crippen molar-refractivity contribution in [3.8, 4) is 0 Å². The molecule has 5 heteroatoms. The summed E-state index contributed by atoms with van der Waals surface area (Å²) in [6.45, 7) is 3.41. The molecule has 90 valence electrons. The third-order valence-corrected chi connectivity index (χ3v) is 6.46. The van der Waals surface area contributed by atoms with Gasteiger partial charge in [-0.15, -0.1) is 0 Å². The van der Waals surface area contributed by atoms with Crippen LogP contribution < -0.4 is 0 Å². The Bertz CT molecular complexity index is 456. The number of sulfone groups is 1. The molecule has 2 unspecified atom stereocenters. The van der Waals surface area contributed by atoms with Crippen LogP contribution in [0.15, 0.2) is 24.3 Å². The molecule has 1 aromatic rings. The summed E-state index contributed by atoms with van der Waals surface area (Å²) in [5.74, 6) is 0.00581. The summed E-state index contributed by atoms with van der Waals surface area (Å²) in [6.07, 6.45) is -1.04. The van der Waals surface area contributed by atoms with Crippen molar-refractivity contribution in [2.75, 3.05) is 5.75 Å². The molecule has 0 bridgehead atoms. The second kappa shape index (κ2) is 5.29. The fourth-order valence-corrected chi connectivity index (χ4v) is 3.35. The van der Waals surface area contributed by atoms with E-state index in [1.54, 1.807) is 19.1 Å². The number of aliphatic hydroxyl groups is 1. The Hall–Kier alpha value is -0.390. The number of halogens is 1. The van der Waals surface area contributed by atoms with E-state index in [1.807, 2.05) is 19.1 Å². The fourth-order valence-electron chi connectivity index (χ4n) is 1.42. The second-order valence-corrected chi connectivity index (χ2v) is 7.61. The predicted octanol–water partition coefficient (Wildman–Crippen LogP) is 2.18. The molecule has 1 rings (SSSR count). The van der Waals surface area contributed by atoms with Crippen LogP contribution in [-0.2, 0) is 9.84 Å². The van der Waals surface area contributed by atoms with Gasteiger partial charge in [0.15, 0.2) is 9.84 Å². The van der Waals surface area contributed by atoms with Crippen molar-refractivity contribution >= 4 is 25.8 Å². The van der Waals surface area contributed by atoms with E-state index in [1.165, 1.54) is 0 Å². The van der Waals surface area contributed by atoms with Crippen LogP contribution in [-0.4, -0.2) is 23.4 Å². The first-order chi connectivity index (χ1) is 7.40. The SMILES string of the molecule is CCS(=O)(=O)C(Br)C(O)c1ccccc1C. The molecule has 0 radical (unpaired) electrons. The van der Waals surface area contributed by atoms with Gasteiger partial charge in [-0.05, 0) is 18.1 Å². The molecule has 0 saturated heterocycles. The third kappa shape index (κ3) is 2.84. The maximum atomic E-state index is 11.6. The average molecular weight is 307 g/mol. The zero-order valence-corrected chi connectivity index (χ0v) is 11.6. The van der Waals surface area contributed by atoms with Crippen LogP contribution in [0.3, 0.4) is 0 Å². The first-order valence-corrected chi connectivity index (χ1v) is 7.62. The summed E-state index contributed by atoms with van der Waals surface area (Å²) >= 11 is 3.06. The highest BCUT2D eigenvalue weighted by Gasteiger charge is 2.30. The van der Waals surface area contributed by atoms with Gasteiger partial charge in [-0.2, -0.15) is 0 Å². The molecular formula is C11H15BrO3S. The summed E-state index contributed by atoms with van der Waals surface area (Å²) in [4.78, 5) is 0. The van der Waals surface area contributed by atoms with E-state index in [4.69, 9.17) is 0 Å². The van der Waals surface area contributed by atoms with E-state index >= 15 is 0 Å². The Morgan fingerprint density at radius 1 is 1.38 bits per heavy atom. The molecule has 2 atom stereocenters. The van der Waals surface area contributed by atoms with Gasteiger partial charge in [0.05, 0.1) is 0 Å². The van der Waals surface area contributed by atoms with Gasteiger partial charge < -0.3 is 5.11 Å². The van der Waals surface area contributed by atoms with Crippen molar-refractivity contribution in [1.29, 1.82) is 0 Å². The van der Waals surface area contributed by atoms with Crippen LogP contribution >= 0.6 is 15.9 Å². The number of benzene rings is 1. The molecule has 16 heavy (non-hydrogen) atoms. The molecule has 0 aliphatic rings. The van der Waals surface area contributed by atoms with Crippen LogP contribution in [0.25, 0.3) is 0 Å². The minimum absolute atomic E-state index is 0.00581. The third-order valence-electron chi connectivity index (χ3n) is 2.50. The molecule has 0 aromatic heterocycles. The Morgan fingerprint density at radius 2 is 1.94 bits per heavy atom. The maximum absolute atomic E-state index is 11.6. The topological polar surface area (TPSA) is 54.4 Å². The van der Waals surface area contributed by atoms with Gasteiger partial charge in [0, 0.05) is 5.75 Å². The highest BCUT2D eigenvalue weighted by atomic mass is 79.9. The fraction of sp³-hybridized carbons (Fsp3) is 0.455. The lowest BCUT2D eigenvalue weighted by atomic mass is 10.1. The zero-order valence-electron chi connectivity index (χ0n) is 9.22. The van der Waals surface area contributed by atoms with Crippen molar-refractivity contribution in [2.24, 2.45) is 0 Å². The number of aliphatic hydroxyl groups excluding tert-OH is 1.